The molecule has 0 amide bonds. The zero-order valence-electron chi connectivity index (χ0n) is 15.6. The van der Waals surface area contributed by atoms with Crippen LogP contribution in [-0.2, 0) is 19.6 Å². The van der Waals surface area contributed by atoms with Gasteiger partial charge in [0.15, 0.2) is 0 Å². The van der Waals surface area contributed by atoms with Crippen LogP contribution < -0.4 is 0 Å². The number of alkyl halides is 9. The highest BCUT2D eigenvalue weighted by Crippen LogP contribution is 2.43. The number of halogens is 9. The fourth-order valence-corrected chi connectivity index (χ4v) is 3.95. The Kier molecular flexibility index (Phi) is 9.69. The molecule has 0 fully saturated rings. The lowest BCUT2D eigenvalue weighted by atomic mass is 10.0. The Hall–Kier alpha value is -1.51. The molecule has 0 rings (SSSR count). The van der Waals surface area contributed by atoms with Crippen LogP contribution in [0.4, 0.5) is 39.5 Å². The third kappa shape index (κ3) is 11.6. The van der Waals surface area contributed by atoms with E-state index in [-0.39, 0.29) is 0 Å². The van der Waals surface area contributed by atoms with Gasteiger partial charge in [-0.1, -0.05) is 13.5 Å². The van der Waals surface area contributed by atoms with E-state index in [0.29, 0.717) is 4.31 Å². The zero-order valence-corrected chi connectivity index (χ0v) is 16.4. The Morgan fingerprint density at radius 1 is 0.933 bits per heavy atom. The van der Waals surface area contributed by atoms with E-state index in [2.05, 4.69) is 11.3 Å². The predicted octanol–water partition coefficient (Wildman–Crippen LogP) is 4.01. The summed E-state index contributed by atoms with van der Waals surface area (Å²) in [6, 6.07) is 0. The molecule has 178 valence electrons. The van der Waals surface area contributed by atoms with Gasteiger partial charge in [-0.2, -0.15) is 17.5 Å². The van der Waals surface area contributed by atoms with Gasteiger partial charge in [-0.25, -0.2) is 39.6 Å². The third-order valence-corrected chi connectivity index (χ3v) is 5.40. The number of nitrogens with zero attached hydrogens (tertiary/aromatic N) is 1. The number of rotatable bonds is 13. The molecule has 0 N–H and O–H groups in total. The molecule has 0 unspecified atom stereocenters. The second kappa shape index (κ2) is 10.2. The van der Waals surface area contributed by atoms with E-state index in [9.17, 15) is 52.7 Å². The van der Waals surface area contributed by atoms with Gasteiger partial charge in [0.1, 0.15) is 18.8 Å². The van der Waals surface area contributed by atoms with E-state index in [1.807, 2.05) is 0 Å². The lowest BCUT2D eigenvalue weighted by molar-refractivity contribution is -0.212. The van der Waals surface area contributed by atoms with Crippen LogP contribution in [0.3, 0.4) is 0 Å². The van der Waals surface area contributed by atoms with Gasteiger partial charge < -0.3 is 4.74 Å². The molecule has 5 nitrogen and oxygen atoms in total. The first-order valence-corrected chi connectivity index (χ1v) is 9.82. The van der Waals surface area contributed by atoms with Gasteiger partial charge >= 0.3 is 12.1 Å². The molecule has 0 aliphatic rings. The van der Waals surface area contributed by atoms with Crippen molar-refractivity contribution >= 4 is 16.0 Å². The smallest absolute Gasteiger partial charge is 0.394 e. The number of sulfonamides is 1. The molecule has 15 heteroatoms. The van der Waals surface area contributed by atoms with Crippen molar-refractivity contribution in [2.45, 2.75) is 50.1 Å². The number of carbonyl (C=O) groups excluding carboxylic acids is 1. The van der Waals surface area contributed by atoms with Gasteiger partial charge in [0, 0.05) is 19.2 Å². The number of likely N-dealkylation sites (N-methyl/N-ethyl adjacent to an activating group) is 1. The van der Waals surface area contributed by atoms with Crippen LogP contribution >= 0.6 is 0 Å². The largest absolute Gasteiger partial charge is 0.461 e. The Morgan fingerprint density at radius 3 is 1.83 bits per heavy atom. The van der Waals surface area contributed by atoms with Crippen molar-refractivity contribution in [1.82, 2.24) is 4.31 Å². The van der Waals surface area contributed by atoms with E-state index in [0.717, 1.165) is 6.08 Å². The van der Waals surface area contributed by atoms with E-state index in [1.165, 1.54) is 6.92 Å². The standard InChI is InChI=1S/C15H20F9NO4S/c1-3-11(26)29-6-5-25(4-2)30(27,28)10-14(20,21)8-12(16,17)7-13(18,19)9-15(22,23)24/h3H,1,4-10H2,2H3. The van der Waals surface area contributed by atoms with Crippen molar-refractivity contribution in [2.24, 2.45) is 0 Å². The van der Waals surface area contributed by atoms with Gasteiger partial charge in [0.25, 0.3) is 17.8 Å². The molecule has 0 atom stereocenters. The molecular formula is C15H20F9NO4S. The lowest BCUT2D eigenvalue weighted by Crippen LogP contribution is -2.44. The van der Waals surface area contributed by atoms with Crippen LogP contribution in [0.1, 0.15) is 26.2 Å². The average Bonchev–Trinajstić information content (AvgIpc) is 2.44. The molecule has 0 aromatic rings. The first kappa shape index (κ1) is 28.5. The second-order valence-corrected chi connectivity index (χ2v) is 8.30. The first-order chi connectivity index (χ1) is 13.2. The van der Waals surface area contributed by atoms with Gasteiger partial charge in [0.05, 0.1) is 12.8 Å². The van der Waals surface area contributed by atoms with Gasteiger partial charge in [-0.05, 0) is 0 Å². The number of esters is 1. The van der Waals surface area contributed by atoms with Crippen molar-refractivity contribution in [3.05, 3.63) is 12.7 Å². The minimum Gasteiger partial charge on any atom is -0.461 e. The zero-order chi connectivity index (χ0) is 24.0. The van der Waals surface area contributed by atoms with E-state index >= 15 is 0 Å². The van der Waals surface area contributed by atoms with Gasteiger partial charge in [0.2, 0.25) is 10.0 Å². The van der Waals surface area contributed by atoms with Crippen molar-refractivity contribution in [1.29, 1.82) is 0 Å². The fraction of sp³-hybridized carbons (Fsp3) is 0.800. The summed E-state index contributed by atoms with van der Waals surface area (Å²) < 4.78 is 146. The molecule has 0 aliphatic heterocycles. The van der Waals surface area contributed by atoms with Crippen molar-refractivity contribution in [3.8, 4) is 0 Å². The van der Waals surface area contributed by atoms with Gasteiger partial charge in [-0.15, -0.1) is 0 Å². The number of carbonyl (C=O) groups is 1. The lowest BCUT2D eigenvalue weighted by Gasteiger charge is -2.28. The maximum Gasteiger partial charge on any atom is 0.394 e. The van der Waals surface area contributed by atoms with Crippen LogP contribution in [0.2, 0.25) is 0 Å². The fourth-order valence-electron chi connectivity index (χ4n) is 2.39. The Labute approximate surface area is 166 Å². The minimum atomic E-state index is -5.51. The summed E-state index contributed by atoms with van der Waals surface area (Å²) in [4.78, 5) is 10.9. The second-order valence-electron chi connectivity index (χ2n) is 6.33. The molecule has 0 radical (unpaired) electrons. The van der Waals surface area contributed by atoms with Crippen LogP contribution in [0.5, 0.6) is 0 Å². The summed E-state index contributed by atoms with van der Waals surface area (Å²) in [5.74, 6) is -17.9. The van der Waals surface area contributed by atoms with Crippen molar-refractivity contribution in [2.75, 3.05) is 25.4 Å². The molecule has 0 aromatic heterocycles. The normalized spacial score (nSPS) is 14.1. The first-order valence-electron chi connectivity index (χ1n) is 8.21. The molecule has 0 heterocycles. The molecule has 0 spiro atoms. The summed E-state index contributed by atoms with van der Waals surface area (Å²) in [7, 11) is -4.91. The van der Waals surface area contributed by atoms with Gasteiger partial charge in [-0.3, -0.25) is 0 Å². The number of hydrogen-bond donors (Lipinski definition) is 0. The Balaban J connectivity index is 5.15. The highest BCUT2D eigenvalue weighted by molar-refractivity contribution is 7.89. The highest BCUT2D eigenvalue weighted by atomic mass is 32.2. The molecular weight excluding hydrogens is 461 g/mol. The monoisotopic (exact) mass is 481 g/mol. The SMILES string of the molecule is C=CC(=O)OCCN(CC)S(=O)(=O)CC(F)(F)CC(F)(F)CC(F)(F)CC(F)(F)F. The van der Waals surface area contributed by atoms with Crippen LogP contribution in [0.25, 0.3) is 0 Å². The number of ether oxygens (including phenoxy) is 1. The van der Waals surface area contributed by atoms with Crippen LogP contribution in [0.15, 0.2) is 12.7 Å². The highest BCUT2D eigenvalue weighted by Gasteiger charge is 2.54. The molecule has 0 saturated carbocycles. The quantitative estimate of drug-likeness (QED) is 0.227. The predicted molar refractivity (Wildman–Crippen MR) is 86.9 cm³/mol. The summed E-state index contributed by atoms with van der Waals surface area (Å²) in [6.45, 7) is 2.69. The summed E-state index contributed by atoms with van der Waals surface area (Å²) in [5, 5.41) is 0. The Bertz CT molecular complexity index is 693. The molecule has 30 heavy (non-hydrogen) atoms. The molecule has 0 aliphatic carbocycles. The van der Waals surface area contributed by atoms with Crippen molar-refractivity contribution < 1.29 is 57.5 Å². The van der Waals surface area contributed by atoms with E-state index in [1.54, 1.807) is 0 Å². The summed E-state index contributed by atoms with van der Waals surface area (Å²) in [6.07, 6.45) is -13.2. The maximum absolute atomic E-state index is 13.9. The van der Waals surface area contributed by atoms with Crippen LogP contribution in [-0.4, -0.2) is 68.1 Å². The van der Waals surface area contributed by atoms with Crippen LogP contribution in [0, 0.1) is 0 Å². The third-order valence-electron chi connectivity index (χ3n) is 3.38. The van der Waals surface area contributed by atoms with E-state index < -0.39 is 84.6 Å². The summed E-state index contributed by atoms with van der Waals surface area (Å²) in [5.41, 5.74) is 0. The molecule has 0 bridgehead atoms. The summed E-state index contributed by atoms with van der Waals surface area (Å²) >= 11 is 0. The molecule has 0 saturated heterocycles. The Morgan fingerprint density at radius 2 is 1.40 bits per heavy atom. The average molecular weight is 481 g/mol. The van der Waals surface area contributed by atoms with Crippen molar-refractivity contribution in [3.63, 3.8) is 0 Å². The molecule has 0 aromatic carbocycles. The minimum absolute atomic E-state index is 0.383. The van der Waals surface area contributed by atoms with E-state index in [4.69, 9.17) is 0 Å². The number of hydrogen-bond acceptors (Lipinski definition) is 4. The topological polar surface area (TPSA) is 63.7 Å². The maximum atomic E-state index is 13.9.